The average Bonchev–Trinajstić information content (AvgIpc) is 3.21. The van der Waals surface area contributed by atoms with Crippen LogP contribution >= 0.6 is 0 Å². The predicted molar refractivity (Wildman–Crippen MR) is 101 cm³/mol. The van der Waals surface area contributed by atoms with Gasteiger partial charge >= 0.3 is 12.1 Å². The molecule has 13 heteroatoms. The van der Waals surface area contributed by atoms with Gasteiger partial charge in [0.1, 0.15) is 12.0 Å². The van der Waals surface area contributed by atoms with Crippen molar-refractivity contribution in [1.29, 1.82) is 0 Å². The topological polar surface area (TPSA) is 129 Å². The zero-order valence-electron chi connectivity index (χ0n) is 16.1. The van der Waals surface area contributed by atoms with E-state index < -0.39 is 17.8 Å². The van der Waals surface area contributed by atoms with E-state index in [0.717, 1.165) is 23.4 Å². The number of halogens is 3. The molecule has 0 bridgehead atoms. The number of aromatic nitrogens is 6. The molecule has 1 N–H and O–H groups in total. The highest BCUT2D eigenvalue weighted by Crippen LogP contribution is 2.29. The Bertz CT molecular complexity index is 1230. The number of amidine groups is 1. The molecule has 0 fully saturated rings. The number of pyridine rings is 2. The van der Waals surface area contributed by atoms with E-state index in [1.165, 1.54) is 17.2 Å². The Labute approximate surface area is 178 Å². The van der Waals surface area contributed by atoms with E-state index in [9.17, 15) is 18.3 Å². The molecule has 0 saturated carbocycles. The first-order valence-electron chi connectivity index (χ1n) is 8.98. The van der Waals surface area contributed by atoms with Gasteiger partial charge in [-0.1, -0.05) is 6.07 Å². The number of hydrogen-bond acceptors (Lipinski definition) is 8. The quantitative estimate of drug-likeness (QED) is 0.281. The van der Waals surface area contributed by atoms with Crippen LogP contribution in [0.5, 0.6) is 0 Å². The molecule has 4 aromatic heterocycles. The lowest BCUT2D eigenvalue weighted by molar-refractivity contribution is -0.755. The lowest BCUT2D eigenvalue weighted by Gasteiger charge is -2.13. The Hall–Kier alpha value is -4.42. The normalized spacial score (nSPS) is 12.0. The molecule has 0 saturated heterocycles. The number of anilines is 1. The first-order chi connectivity index (χ1) is 15.4. The summed E-state index contributed by atoms with van der Waals surface area (Å²) in [4.78, 5) is 19.3. The second kappa shape index (κ2) is 8.75. The highest BCUT2D eigenvalue weighted by atomic mass is 19.4. The zero-order valence-corrected chi connectivity index (χ0v) is 16.1. The van der Waals surface area contributed by atoms with Gasteiger partial charge in [0.2, 0.25) is 11.8 Å². The molecule has 4 heterocycles. The van der Waals surface area contributed by atoms with Crippen LogP contribution in [0.1, 0.15) is 11.3 Å². The van der Waals surface area contributed by atoms with Gasteiger partial charge in [-0.2, -0.15) is 13.2 Å². The van der Waals surface area contributed by atoms with Crippen molar-refractivity contribution in [2.45, 2.75) is 12.7 Å². The van der Waals surface area contributed by atoms with Crippen LogP contribution in [0.3, 0.4) is 0 Å². The van der Waals surface area contributed by atoms with Crippen LogP contribution in [0.2, 0.25) is 0 Å². The van der Waals surface area contributed by atoms with Crippen molar-refractivity contribution in [2.24, 2.45) is 4.99 Å². The third kappa shape index (κ3) is 5.19. The molecule has 4 aromatic rings. The van der Waals surface area contributed by atoms with Gasteiger partial charge in [-0.15, -0.1) is 0 Å². The van der Waals surface area contributed by atoms with Crippen molar-refractivity contribution in [3.8, 4) is 11.1 Å². The molecular weight excluding hydrogens is 429 g/mol. The number of alkyl halides is 3. The molecule has 0 radical (unpaired) electrons. The molecule has 0 aliphatic heterocycles. The van der Waals surface area contributed by atoms with Gasteiger partial charge in [-0.25, -0.2) is 15.0 Å². The Morgan fingerprint density at radius 1 is 1.06 bits per heavy atom. The van der Waals surface area contributed by atoms with Crippen LogP contribution in [0, 0.1) is 0 Å². The fourth-order valence-corrected chi connectivity index (χ4v) is 2.61. The summed E-state index contributed by atoms with van der Waals surface area (Å²) in [7, 11) is 0. The molecule has 0 amide bonds. The van der Waals surface area contributed by atoms with E-state index in [1.807, 2.05) is 6.07 Å². The number of aliphatic imine (C=N–C) groups is 1. The minimum atomic E-state index is -4.58. The molecule has 0 spiro atoms. The Morgan fingerprint density at radius 3 is 2.59 bits per heavy atom. The standard InChI is InChI=1S/C19H13F3N8O2/c20-19(21,22)14-3-16(8-23-7-14)27-18(31)28-17-10-30(29-32-17)9-15-2-1-12(6-26-15)13-4-24-11-25-5-13/h1-8,10-11H,9H2,(H-,27,28,29,31). The molecular formula is C19H13F3N8O2. The summed E-state index contributed by atoms with van der Waals surface area (Å²) in [5, 5.41) is 17.9. The van der Waals surface area contributed by atoms with Crippen molar-refractivity contribution in [3.05, 3.63) is 73.0 Å². The predicted octanol–water partition coefficient (Wildman–Crippen LogP) is 1.74. The van der Waals surface area contributed by atoms with Crippen LogP contribution in [-0.2, 0) is 12.7 Å². The van der Waals surface area contributed by atoms with E-state index in [4.69, 9.17) is 4.52 Å². The molecule has 0 aliphatic rings. The minimum absolute atomic E-state index is 0.138. The fraction of sp³-hybridized carbons (Fsp3) is 0.105. The van der Waals surface area contributed by atoms with Gasteiger partial charge in [-0.05, 0) is 16.8 Å². The van der Waals surface area contributed by atoms with E-state index >= 15 is 0 Å². The largest absolute Gasteiger partial charge is 0.846 e. The summed E-state index contributed by atoms with van der Waals surface area (Å²) in [6.45, 7) is 0.240. The van der Waals surface area contributed by atoms with Gasteiger partial charge in [-0.3, -0.25) is 14.5 Å². The SMILES string of the molecule is [O-]C(=Nc1c[n+](Cc2ccc(-c3cncnc3)cn2)no1)Nc1cncc(C(F)(F)F)c1. The van der Waals surface area contributed by atoms with Crippen molar-refractivity contribution < 1.29 is 27.5 Å². The van der Waals surface area contributed by atoms with Crippen LogP contribution in [0.25, 0.3) is 11.1 Å². The Kier molecular flexibility index (Phi) is 5.70. The monoisotopic (exact) mass is 442 g/mol. The first-order valence-corrected chi connectivity index (χ1v) is 8.98. The Balaban J connectivity index is 1.41. The smallest absolute Gasteiger partial charge is 0.417 e. The molecule has 0 atom stereocenters. The van der Waals surface area contributed by atoms with Crippen LogP contribution in [0.15, 0.2) is 71.2 Å². The zero-order chi connectivity index (χ0) is 22.6. The molecule has 32 heavy (non-hydrogen) atoms. The van der Waals surface area contributed by atoms with Gasteiger partial charge in [0, 0.05) is 35.9 Å². The summed E-state index contributed by atoms with van der Waals surface area (Å²) < 4.78 is 44.5. The second-order valence-corrected chi connectivity index (χ2v) is 6.41. The Morgan fingerprint density at radius 2 is 1.88 bits per heavy atom. The lowest BCUT2D eigenvalue weighted by atomic mass is 10.1. The summed E-state index contributed by atoms with van der Waals surface area (Å²) in [6, 6.07) is 3.44. The van der Waals surface area contributed by atoms with E-state index in [0.29, 0.717) is 11.9 Å². The number of rotatable bonds is 5. The van der Waals surface area contributed by atoms with Crippen molar-refractivity contribution in [1.82, 2.24) is 25.2 Å². The summed E-state index contributed by atoms with van der Waals surface area (Å²) in [5.41, 5.74) is 1.18. The second-order valence-electron chi connectivity index (χ2n) is 6.41. The van der Waals surface area contributed by atoms with E-state index in [-0.39, 0.29) is 18.1 Å². The minimum Gasteiger partial charge on any atom is -0.846 e. The van der Waals surface area contributed by atoms with Crippen molar-refractivity contribution in [2.75, 3.05) is 5.32 Å². The lowest BCUT2D eigenvalue weighted by Crippen LogP contribution is -2.35. The average molecular weight is 442 g/mol. The maximum atomic E-state index is 12.7. The summed E-state index contributed by atoms with van der Waals surface area (Å²) >= 11 is 0. The van der Waals surface area contributed by atoms with E-state index in [1.54, 1.807) is 24.7 Å². The third-order valence-corrected chi connectivity index (χ3v) is 4.07. The fourth-order valence-electron chi connectivity index (χ4n) is 2.61. The van der Waals surface area contributed by atoms with Gasteiger partial charge in [0.15, 0.2) is 0 Å². The van der Waals surface area contributed by atoms with Crippen molar-refractivity contribution >= 4 is 17.6 Å². The van der Waals surface area contributed by atoms with Gasteiger partial charge in [0.25, 0.3) is 6.20 Å². The summed E-state index contributed by atoms with van der Waals surface area (Å²) in [6.07, 6.45) is 4.94. The molecule has 0 aromatic carbocycles. The molecule has 4 rings (SSSR count). The molecule has 0 aliphatic carbocycles. The molecule has 0 unspecified atom stereocenters. The third-order valence-electron chi connectivity index (χ3n) is 4.07. The summed E-state index contributed by atoms with van der Waals surface area (Å²) in [5.74, 6) is -0.138. The van der Waals surface area contributed by atoms with Crippen LogP contribution < -0.4 is 15.1 Å². The van der Waals surface area contributed by atoms with Gasteiger partial charge in [0.05, 0.1) is 23.5 Å². The van der Waals surface area contributed by atoms with E-state index in [2.05, 4.69) is 35.5 Å². The number of hydrogen-bond donors (Lipinski definition) is 1. The van der Waals surface area contributed by atoms with Crippen molar-refractivity contribution in [3.63, 3.8) is 0 Å². The highest BCUT2D eigenvalue weighted by molar-refractivity contribution is 5.86. The highest BCUT2D eigenvalue weighted by Gasteiger charge is 2.31. The molecule has 162 valence electrons. The van der Waals surface area contributed by atoms with Gasteiger partial charge < -0.3 is 10.4 Å². The maximum Gasteiger partial charge on any atom is 0.417 e. The first kappa shape index (κ1) is 20.8. The molecule has 10 nitrogen and oxygen atoms in total. The number of nitrogens with zero attached hydrogens (tertiary/aromatic N) is 7. The maximum absolute atomic E-state index is 12.7. The number of nitrogens with one attached hydrogen (secondary N) is 1. The van der Waals surface area contributed by atoms with Crippen LogP contribution in [0.4, 0.5) is 24.7 Å². The van der Waals surface area contributed by atoms with Crippen LogP contribution in [-0.4, -0.2) is 31.2 Å².